The summed E-state index contributed by atoms with van der Waals surface area (Å²) in [6, 6.07) is 11.9. The highest BCUT2D eigenvalue weighted by Gasteiger charge is 2.59. The molecule has 5 unspecified atom stereocenters. The number of hydrogen-bond acceptors (Lipinski definition) is 0. The first-order valence-electron chi connectivity index (χ1n) is 16.0. The van der Waals surface area contributed by atoms with E-state index in [2.05, 4.69) is 121 Å². The van der Waals surface area contributed by atoms with Gasteiger partial charge in [0.05, 0.1) is 0 Å². The Bertz CT molecular complexity index is 1070. The number of allylic oxidation sites excluding steroid dienone is 9. The second-order valence-corrected chi connectivity index (χ2v) is 15.2. The predicted molar refractivity (Wildman–Crippen MR) is 170 cm³/mol. The lowest BCUT2D eigenvalue weighted by molar-refractivity contribution is 0.104. The van der Waals surface area contributed by atoms with Crippen LogP contribution in [0.15, 0.2) is 90.6 Å². The van der Waals surface area contributed by atoms with Gasteiger partial charge in [-0.1, -0.05) is 134 Å². The zero-order chi connectivity index (χ0) is 27.8. The van der Waals surface area contributed by atoms with Crippen LogP contribution in [0.1, 0.15) is 98.5 Å². The van der Waals surface area contributed by atoms with Crippen LogP contribution in [-0.4, -0.2) is 0 Å². The summed E-state index contributed by atoms with van der Waals surface area (Å²) in [4.78, 5) is 0. The highest BCUT2D eigenvalue weighted by molar-refractivity contribution is 5.42. The molecule has 0 aliphatic heterocycles. The Balaban J connectivity index is 1.72. The molecule has 4 aliphatic carbocycles. The van der Waals surface area contributed by atoms with Gasteiger partial charge in [0.1, 0.15) is 0 Å². The molecule has 0 spiro atoms. The number of unbranched alkanes of at least 4 members (excludes halogenated alkanes) is 2. The summed E-state index contributed by atoms with van der Waals surface area (Å²) in [7, 11) is 0. The van der Waals surface area contributed by atoms with Crippen LogP contribution >= 0.6 is 0 Å². The Morgan fingerprint density at radius 3 is 1.77 bits per heavy atom. The van der Waals surface area contributed by atoms with Crippen LogP contribution in [0.4, 0.5) is 0 Å². The van der Waals surface area contributed by atoms with Gasteiger partial charge >= 0.3 is 0 Å². The third kappa shape index (κ3) is 5.35. The van der Waals surface area contributed by atoms with E-state index in [0.717, 1.165) is 12.3 Å². The Morgan fingerprint density at radius 2 is 1.28 bits per heavy atom. The molecule has 5 atom stereocenters. The number of hydrogen-bond donors (Lipinski definition) is 0. The van der Waals surface area contributed by atoms with Crippen molar-refractivity contribution in [3.63, 3.8) is 0 Å². The van der Waals surface area contributed by atoms with Gasteiger partial charge in [0.15, 0.2) is 0 Å². The molecular weight excluding hydrogens is 468 g/mol. The largest absolute Gasteiger partial charge is 0.103 e. The molecule has 0 radical (unpaired) electrons. The van der Waals surface area contributed by atoms with E-state index in [1.54, 1.807) is 5.56 Å². The van der Waals surface area contributed by atoms with E-state index in [4.69, 9.17) is 0 Å². The van der Waals surface area contributed by atoms with E-state index in [1.807, 2.05) is 0 Å². The summed E-state index contributed by atoms with van der Waals surface area (Å²) in [5.74, 6) is 3.74. The molecule has 2 saturated carbocycles. The van der Waals surface area contributed by atoms with Crippen molar-refractivity contribution in [2.75, 3.05) is 0 Å². The van der Waals surface area contributed by atoms with Crippen LogP contribution in [0.25, 0.3) is 0 Å². The summed E-state index contributed by atoms with van der Waals surface area (Å²) in [6.45, 7) is 18.4. The smallest absolute Gasteiger partial charge is 0.00211 e. The standard InChI is InChI=1S/C39H54/c1-8-9-10-16-25-39(29-19-14-15-20-29,28-17-12-11-13-18-28)36-34-26-30(37(2,3)4)21-23-32(34)33-24-22-31(27-35(33)36)38(5,6)7/h8,11-13,17-18,21-24,26-27,29,32-36H,1,9-10,14-16,19-20,25H2,2-7H3. The fraction of sp³-hybridized carbons (Fsp3) is 0.590. The molecule has 0 aromatic heterocycles. The molecular formula is C39H54. The molecule has 0 nitrogen and oxygen atoms in total. The highest BCUT2D eigenvalue weighted by atomic mass is 14.6. The van der Waals surface area contributed by atoms with Gasteiger partial charge in [-0.15, -0.1) is 6.58 Å². The van der Waals surface area contributed by atoms with E-state index in [9.17, 15) is 0 Å². The van der Waals surface area contributed by atoms with Crippen molar-refractivity contribution in [3.8, 4) is 0 Å². The maximum atomic E-state index is 4.05. The number of benzene rings is 1. The summed E-state index contributed by atoms with van der Waals surface area (Å²) >= 11 is 0. The minimum absolute atomic E-state index is 0.175. The van der Waals surface area contributed by atoms with E-state index in [1.165, 1.54) is 56.1 Å². The minimum Gasteiger partial charge on any atom is -0.103 e. The van der Waals surface area contributed by atoms with Gasteiger partial charge in [-0.3, -0.25) is 0 Å². The van der Waals surface area contributed by atoms with E-state index in [-0.39, 0.29) is 16.2 Å². The Labute approximate surface area is 240 Å². The van der Waals surface area contributed by atoms with Crippen molar-refractivity contribution in [1.29, 1.82) is 0 Å². The Hall–Kier alpha value is -2.08. The highest BCUT2D eigenvalue weighted by Crippen LogP contribution is 2.64. The topological polar surface area (TPSA) is 0 Å². The summed E-state index contributed by atoms with van der Waals surface area (Å²) in [5.41, 5.74) is 5.26. The molecule has 210 valence electrons. The van der Waals surface area contributed by atoms with Gasteiger partial charge in [0.25, 0.3) is 0 Å². The van der Waals surface area contributed by atoms with Crippen molar-refractivity contribution in [3.05, 3.63) is 96.2 Å². The van der Waals surface area contributed by atoms with Crippen molar-refractivity contribution in [1.82, 2.24) is 0 Å². The minimum atomic E-state index is 0.175. The first-order valence-corrected chi connectivity index (χ1v) is 16.0. The van der Waals surface area contributed by atoms with Gasteiger partial charge in [0, 0.05) is 5.41 Å². The molecule has 4 aliphatic rings. The van der Waals surface area contributed by atoms with Crippen LogP contribution in [0.3, 0.4) is 0 Å². The summed E-state index contributed by atoms with van der Waals surface area (Å²) in [6.07, 6.45) is 28.4. The van der Waals surface area contributed by atoms with E-state index >= 15 is 0 Å². The SMILES string of the molecule is C=CCCCCC(c1ccccc1)(C1CCCC1)C1C2C=C(C(C)(C)C)C=CC2C2C=CC(C(C)(C)C)=CC21. The maximum Gasteiger partial charge on any atom is 0.00211 e. The monoisotopic (exact) mass is 522 g/mol. The summed E-state index contributed by atoms with van der Waals surface area (Å²) < 4.78 is 0. The van der Waals surface area contributed by atoms with Gasteiger partial charge in [0.2, 0.25) is 0 Å². The van der Waals surface area contributed by atoms with Crippen molar-refractivity contribution < 1.29 is 0 Å². The zero-order valence-corrected chi connectivity index (χ0v) is 25.8. The Kier molecular flexibility index (Phi) is 8.07. The van der Waals surface area contributed by atoms with Crippen LogP contribution in [0.5, 0.6) is 0 Å². The molecule has 5 rings (SSSR count). The van der Waals surface area contributed by atoms with Crippen molar-refractivity contribution in [2.45, 2.75) is 98.3 Å². The van der Waals surface area contributed by atoms with Crippen LogP contribution in [0, 0.1) is 46.3 Å². The second-order valence-electron chi connectivity index (χ2n) is 15.2. The predicted octanol–water partition coefficient (Wildman–Crippen LogP) is 11.0. The molecule has 2 fully saturated rings. The number of rotatable bonds is 8. The van der Waals surface area contributed by atoms with Crippen molar-refractivity contribution >= 4 is 0 Å². The molecule has 1 aromatic rings. The van der Waals surface area contributed by atoms with E-state index < -0.39 is 0 Å². The van der Waals surface area contributed by atoms with Gasteiger partial charge in [-0.25, -0.2) is 0 Å². The molecule has 0 amide bonds. The van der Waals surface area contributed by atoms with E-state index in [0.29, 0.717) is 29.6 Å². The Morgan fingerprint density at radius 1 is 0.744 bits per heavy atom. The molecule has 0 saturated heterocycles. The zero-order valence-electron chi connectivity index (χ0n) is 25.8. The molecule has 0 bridgehead atoms. The lowest BCUT2D eigenvalue weighted by Gasteiger charge is -2.50. The number of fused-ring (bicyclic) bond motifs is 3. The normalized spacial score (nSPS) is 30.4. The van der Waals surface area contributed by atoms with Crippen LogP contribution < -0.4 is 0 Å². The maximum absolute atomic E-state index is 4.05. The van der Waals surface area contributed by atoms with Gasteiger partial charge < -0.3 is 0 Å². The van der Waals surface area contributed by atoms with Crippen LogP contribution in [-0.2, 0) is 5.41 Å². The fourth-order valence-corrected chi connectivity index (χ4v) is 8.94. The van der Waals surface area contributed by atoms with Crippen LogP contribution in [0.2, 0.25) is 0 Å². The first kappa shape index (κ1) is 28.4. The molecule has 0 N–H and O–H groups in total. The fourth-order valence-electron chi connectivity index (χ4n) is 8.94. The molecule has 0 heterocycles. The molecule has 39 heavy (non-hydrogen) atoms. The summed E-state index contributed by atoms with van der Waals surface area (Å²) in [5, 5.41) is 0. The third-order valence-corrected chi connectivity index (χ3v) is 10.9. The first-order chi connectivity index (χ1) is 18.6. The second kappa shape index (κ2) is 11.1. The molecule has 0 heteroatoms. The average Bonchev–Trinajstić information content (AvgIpc) is 3.55. The lowest BCUT2D eigenvalue weighted by atomic mass is 9.53. The van der Waals surface area contributed by atoms with Gasteiger partial charge in [-0.2, -0.15) is 0 Å². The quantitative estimate of drug-likeness (QED) is 0.235. The lowest BCUT2D eigenvalue weighted by Crippen LogP contribution is -2.46. The third-order valence-electron chi connectivity index (χ3n) is 10.9. The van der Waals surface area contributed by atoms with Gasteiger partial charge in [-0.05, 0) is 95.2 Å². The van der Waals surface area contributed by atoms with Crippen molar-refractivity contribution in [2.24, 2.45) is 46.3 Å². The molecule has 1 aromatic carbocycles. The average molecular weight is 523 g/mol.